The molecule has 3 nitrogen and oxygen atoms in total. The van der Waals surface area contributed by atoms with E-state index in [1.54, 1.807) is 0 Å². The summed E-state index contributed by atoms with van der Waals surface area (Å²) in [4.78, 5) is 14.9. The van der Waals surface area contributed by atoms with Gasteiger partial charge in [-0.15, -0.1) is 12.4 Å². The summed E-state index contributed by atoms with van der Waals surface area (Å²) in [6.45, 7) is 1.63. The zero-order valence-electron chi connectivity index (χ0n) is 12.2. The SMILES string of the molecule is Cl.NC1C2CCC(C2)C1C(=O)N1CCc2ccccc2C1. The zero-order valence-corrected chi connectivity index (χ0v) is 13.0. The van der Waals surface area contributed by atoms with Crippen molar-refractivity contribution < 1.29 is 4.79 Å². The number of halogens is 1. The number of nitrogens with two attached hydrogens (primary N) is 1. The largest absolute Gasteiger partial charge is 0.338 e. The van der Waals surface area contributed by atoms with Crippen LogP contribution < -0.4 is 5.73 Å². The number of amides is 1. The third-order valence-corrected chi connectivity index (χ3v) is 5.71. The van der Waals surface area contributed by atoms with Gasteiger partial charge in [-0.05, 0) is 48.6 Å². The van der Waals surface area contributed by atoms with Gasteiger partial charge >= 0.3 is 0 Å². The molecule has 2 bridgehead atoms. The molecule has 4 heteroatoms. The average Bonchev–Trinajstić information content (AvgIpc) is 3.07. The Morgan fingerprint density at radius 2 is 1.86 bits per heavy atom. The zero-order chi connectivity index (χ0) is 13.7. The number of rotatable bonds is 1. The first kappa shape index (κ1) is 14.9. The van der Waals surface area contributed by atoms with Crippen LogP contribution in [0.25, 0.3) is 0 Å². The van der Waals surface area contributed by atoms with Crippen molar-refractivity contribution in [3.63, 3.8) is 0 Å². The number of benzene rings is 1. The summed E-state index contributed by atoms with van der Waals surface area (Å²) in [6, 6.07) is 8.59. The molecule has 2 N–H and O–H groups in total. The molecule has 114 valence electrons. The summed E-state index contributed by atoms with van der Waals surface area (Å²) in [5.41, 5.74) is 9.03. The van der Waals surface area contributed by atoms with Crippen molar-refractivity contribution in [2.24, 2.45) is 23.5 Å². The number of fused-ring (bicyclic) bond motifs is 3. The molecule has 4 atom stereocenters. The molecule has 1 heterocycles. The molecule has 0 spiro atoms. The quantitative estimate of drug-likeness (QED) is 0.866. The predicted octanol–water partition coefficient (Wildman–Crippen LogP) is 2.37. The first-order valence-electron chi connectivity index (χ1n) is 7.85. The normalized spacial score (nSPS) is 33.5. The molecule has 0 aromatic heterocycles. The molecule has 1 amide bonds. The maximum Gasteiger partial charge on any atom is 0.227 e. The van der Waals surface area contributed by atoms with Crippen molar-refractivity contribution >= 4 is 18.3 Å². The summed E-state index contributed by atoms with van der Waals surface area (Å²) < 4.78 is 0. The summed E-state index contributed by atoms with van der Waals surface area (Å²) in [5, 5.41) is 0. The van der Waals surface area contributed by atoms with E-state index in [9.17, 15) is 4.79 Å². The van der Waals surface area contributed by atoms with Gasteiger partial charge in [0, 0.05) is 19.1 Å². The fourth-order valence-corrected chi connectivity index (χ4v) is 4.60. The van der Waals surface area contributed by atoms with Crippen LogP contribution >= 0.6 is 12.4 Å². The van der Waals surface area contributed by atoms with Gasteiger partial charge in [0.15, 0.2) is 0 Å². The third-order valence-electron chi connectivity index (χ3n) is 5.71. The van der Waals surface area contributed by atoms with Crippen LogP contribution in [0.2, 0.25) is 0 Å². The number of nitrogens with zero attached hydrogens (tertiary/aromatic N) is 1. The van der Waals surface area contributed by atoms with Gasteiger partial charge in [0.05, 0.1) is 5.92 Å². The van der Waals surface area contributed by atoms with Crippen molar-refractivity contribution in [3.05, 3.63) is 35.4 Å². The lowest BCUT2D eigenvalue weighted by atomic mass is 9.83. The Hall–Kier alpha value is -1.06. The highest BCUT2D eigenvalue weighted by Gasteiger charge is 2.50. The number of hydrogen-bond acceptors (Lipinski definition) is 2. The molecular weight excluding hydrogens is 284 g/mol. The molecule has 1 aromatic rings. The first-order valence-corrected chi connectivity index (χ1v) is 7.85. The third kappa shape index (κ3) is 2.36. The Morgan fingerprint density at radius 1 is 1.14 bits per heavy atom. The second-order valence-electron chi connectivity index (χ2n) is 6.71. The van der Waals surface area contributed by atoms with Crippen molar-refractivity contribution in [3.8, 4) is 0 Å². The van der Waals surface area contributed by atoms with Crippen LogP contribution in [-0.2, 0) is 17.8 Å². The molecule has 1 aromatic carbocycles. The van der Waals surface area contributed by atoms with Crippen LogP contribution in [-0.4, -0.2) is 23.4 Å². The van der Waals surface area contributed by atoms with Crippen molar-refractivity contribution in [2.75, 3.05) is 6.54 Å². The minimum absolute atomic E-state index is 0. The Kier molecular flexibility index (Phi) is 3.98. The second-order valence-corrected chi connectivity index (χ2v) is 6.71. The van der Waals surface area contributed by atoms with Crippen molar-refractivity contribution in [1.82, 2.24) is 4.90 Å². The first-order chi connectivity index (χ1) is 9.74. The lowest BCUT2D eigenvalue weighted by Gasteiger charge is -2.35. The summed E-state index contributed by atoms with van der Waals surface area (Å²) in [5.74, 6) is 1.57. The Bertz CT molecular complexity index is 545. The van der Waals surface area contributed by atoms with E-state index in [4.69, 9.17) is 5.73 Å². The molecule has 3 aliphatic rings. The van der Waals surface area contributed by atoms with Gasteiger partial charge in [0.2, 0.25) is 5.91 Å². The molecule has 0 radical (unpaired) electrons. The standard InChI is InChI=1S/C17H22N2O.ClH/c18-16-13-6-5-12(9-13)15(16)17(20)19-8-7-11-3-1-2-4-14(11)10-19;/h1-4,12-13,15-16H,5-10,18H2;1H. The van der Waals surface area contributed by atoms with E-state index >= 15 is 0 Å². The molecule has 21 heavy (non-hydrogen) atoms. The maximum atomic E-state index is 12.9. The fourth-order valence-electron chi connectivity index (χ4n) is 4.60. The molecule has 1 aliphatic heterocycles. The van der Waals surface area contributed by atoms with Gasteiger partial charge in [0.1, 0.15) is 0 Å². The molecule has 0 saturated heterocycles. The van der Waals surface area contributed by atoms with E-state index in [1.807, 2.05) is 4.90 Å². The molecule has 2 aliphatic carbocycles. The van der Waals surface area contributed by atoms with Crippen LogP contribution in [0.15, 0.2) is 24.3 Å². The smallest absolute Gasteiger partial charge is 0.227 e. The highest BCUT2D eigenvalue weighted by molar-refractivity contribution is 5.85. The van der Waals surface area contributed by atoms with Gasteiger partial charge < -0.3 is 10.6 Å². The highest BCUT2D eigenvalue weighted by Crippen LogP contribution is 2.48. The van der Waals surface area contributed by atoms with E-state index in [0.717, 1.165) is 19.5 Å². The maximum absolute atomic E-state index is 12.9. The van der Waals surface area contributed by atoms with Crippen LogP contribution in [0.5, 0.6) is 0 Å². The predicted molar refractivity (Wildman–Crippen MR) is 85.1 cm³/mol. The van der Waals surface area contributed by atoms with Gasteiger partial charge in [0.25, 0.3) is 0 Å². The monoisotopic (exact) mass is 306 g/mol. The van der Waals surface area contributed by atoms with E-state index < -0.39 is 0 Å². The van der Waals surface area contributed by atoms with Crippen LogP contribution in [0, 0.1) is 17.8 Å². The van der Waals surface area contributed by atoms with Crippen molar-refractivity contribution in [2.45, 2.75) is 38.3 Å². The summed E-state index contributed by atoms with van der Waals surface area (Å²) in [7, 11) is 0. The highest BCUT2D eigenvalue weighted by atomic mass is 35.5. The Balaban J connectivity index is 0.00000132. The van der Waals surface area contributed by atoms with E-state index in [2.05, 4.69) is 24.3 Å². The number of hydrogen-bond donors (Lipinski definition) is 1. The molecule has 4 rings (SSSR count). The van der Waals surface area contributed by atoms with Crippen molar-refractivity contribution in [1.29, 1.82) is 0 Å². The lowest BCUT2D eigenvalue weighted by Crippen LogP contribution is -2.48. The lowest BCUT2D eigenvalue weighted by molar-refractivity contribution is -0.138. The fraction of sp³-hybridized carbons (Fsp3) is 0.588. The molecule has 4 unspecified atom stereocenters. The van der Waals surface area contributed by atoms with Crippen LogP contribution in [0.4, 0.5) is 0 Å². The summed E-state index contributed by atoms with van der Waals surface area (Å²) >= 11 is 0. The van der Waals surface area contributed by atoms with Crippen LogP contribution in [0.3, 0.4) is 0 Å². The molecule has 2 fully saturated rings. The Morgan fingerprint density at radius 3 is 2.57 bits per heavy atom. The average molecular weight is 307 g/mol. The van der Waals surface area contributed by atoms with E-state index in [-0.39, 0.29) is 24.4 Å². The summed E-state index contributed by atoms with van der Waals surface area (Å²) in [6.07, 6.45) is 4.61. The van der Waals surface area contributed by atoms with Gasteiger partial charge in [-0.3, -0.25) is 4.79 Å². The number of carbonyl (C=O) groups is 1. The minimum Gasteiger partial charge on any atom is -0.338 e. The Labute approximate surface area is 132 Å². The van der Waals surface area contributed by atoms with Gasteiger partial charge in [-0.2, -0.15) is 0 Å². The van der Waals surface area contributed by atoms with Crippen LogP contribution in [0.1, 0.15) is 30.4 Å². The molecule has 2 saturated carbocycles. The molecular formula is C17H23ClN2O. The number of carbonyl (C=O) groups excluding carboxylic acids is 1. The van der Waals surface area contributed by atoms with E-state index in [1.165, 1.54) is 30.4 Å². The van der Waals surface area contributed by atoms with Gasteiger partial charge in [-0.1, -0.05) is 24.3 Å². The van der Waals surface area contributed by atoms with Gasteiger partial charge in [-0.25, -0.2) is 0 Å². The van der Waals surface area contributed by atoms with E-state index in [0.29, 0.717) is 17.7 Å². The topological polar surface area (TPSA) is 46.3 Å². The second kappa shape index (κ2) is 5.62. The minimum atomic E-state index is 0.